The number of Topliss-reactive ketones (excluding diaryl/α,β-unsaturated/α-hetero) is 1. The summed E-state index contributed by atoms with van der Waals surface area (Å²) in [6.07, 6.45) is 1.07. The van der Waals surface area contributed by atoms with Crippen LogP contribution in [0.2, 0.25) is 0 Å². The molecule has 82 valence electrons. The summed E-state index contributed by atoms with van der Waals surface area (Å²) in [6.45, 7) is 4.00. The van der Waals surface area contributed by atoms with Gasteiger partial charge in [-0.3, -0.25) is 4.79 Å². The molecule has 0 aliphatic rings. The highest BCUT2D eigenvalue weighted by Gasteiger charge is 2.09. The van der Waals surface area contributed by atoms with Crippen molar-refractivity contribution in [3.63, 3.8) is 0 Å². The summed E-state index contributed by atoms with van der Waals surface area (Å²) in [5.74, 6) is -1.21. The number of rotatable bonds is 4. The second kappa shape index (κ2) is 5.01. The molecule has 0 radical (unpaired) electrons. The van der Waals surface area contributed by atoms with E-state index in [4.69, 9.17) is 0 Å². The molecule has 0 saturated heterocycles. The van der Waals surface area contributed by atoms with Crippen molar-refractivity contribution in [2.45, 2.75) is 26.7 Å². The third-order valence-electron chi connectivity index (χ3n) is 2.13. The van der Waals surface area contributed by atoms with Gasteiger partial charge in [-0.15, -0.1) is 0 Å². The van der Waals surface area contributed by atoms with Gasteiger partial charge >= 0.3 is 0 Å². The predicted molar refractivity (Wildman–Crippen MR) is 54.8 cm³/mol. The summed E-state index contributed by atoms with van der Waals surface area (Å²) < 4.78 is 25.6. The standard InChI is InChI=1S/C12H14F2O/c1-8(2)3-4-12(15)9-5-10(13)7-11(14)6-9/h5-8H,3-4H2,1-2H3. The fourth-order valence-electron chi connectivity index (χ4n) is 1.28. The lowest BCUT2D eigenvalue weighted by Crippen LogP contribution is -2.02. The first kappa shape index (κ1) is 11.8. The Labute approximate surface area is 88.1 Å². The first-order valence-electron chi connectivity index (χ1n) is 4.98. The van der Waals surface area contributed by atoms with Crippen LogP contribution in [0.25, 0.3) is 0 Å². The highest BCUT2D eigenvalue weighted by molar-refractivity contribution is 5.96. The van der Waals surface area contributed by atoms with E-state index in [1.165, 1.54) is 0 Å². The van der Waals surface area contributed by atoms with E-state index < -0.39 is 11.6 Å². The van der Waals surface area contributed by atoms with Gasteiger partial charge in [-0.25, -0.2) is 8.78 Å². The lowest BCUT2D eigenvalue weighted by atomic mass is 10.0. The minimum Gasteiger partial charge on any atom is -0.294 e. The Balaban J connectivity index is 2.73. The number of carbonyl (C=O) groups is 1. The predicted octanol–water partition coefficient (Wildman–Crippen LogP) is 3.58. The molecule has 0 aliphatic carbocycles. The molecule has 0 heterocycles. The van der Waals surface area contributed by atoms with Crippen molar-refractivity contribution in [1.29, 1.82) is 0 Å². The van der Waals surface area contributed by atoms with Crippen LogP contribution in [0.1, 0.15) is 37.0 Å². The SMILES string of the molecule is CC(C)CCC(=O)c1cc(F)cc(F)c1. The van der Waals surface area contributed by atoms with Gasteiger partial charge in [0, 0.05) is 18.1 Å². The van der Waals surface area contributed by atoms with Gasteiger partial charge in [0.25, 0.3) is 0 Å². The van der Waals surface area contributed by atoms with Crippen LogP contribution in [0.15, 0.2) is 18.2 Å². The molecule has 1 aromatic rings. The Morgan fingerprint density at radius 1 is 1.20 bits per heavy atom. The number of hydrogen-bond acceptors (Lipinski definition) is 1. The maximum absolute atomic E-state index is 12.8. The van der Waals surface area contributed by atoms with Crippen molar-refractivity contribution < 1.29 is 13.6 Å². The number of halogens is 2. The first-order valence-corrected chi connectivity index (χ1v) is 4.98. The molecule has 1 aromatic carbocycles. The molecule has 0 aromatic heterocycles. The number of benzene rings is 1. The molecule has 0 aliphatic heterocycles. The summed E-state index contributed by atoms with van der Waals surface area (Å²) in [5, 5.41) is 0. The van der Waals surface area contributed by atoms with Crippen LogP contribution in [0.3, 0.4) is 0 Å². The van der Waals surface area contributed by atoms with Gasteiger partial charge in [0.15, 0.2) is 5.78 Å². The molecule has 0 atom stereocenters. The Hall–Kier alpha value is -1.25. The summed E-state index contributed by atoms with van der Waals surface area (Å²) in [7, 11) is 0. The summed E-state index contributed by atoms with van der Waals surface area (Å²) in [4.78, 5) is 11.5. The molecular weight excluding hydrogens is 198 g/mol. The van der Waals surface area contributed by atoms with E-state index in [2.05, 4.69) is 0 Å². The van der Waals surface area contributed by atoms with E-state index in [1.54, 1.807) is 0 Å². The van der Waals surface area contributed by atoms with Gasteiger partial charge in [-0.1, -0.05) is 13.8 Å². The molecule has 0 amide bonds. The smallest absolute Gasteiger partial charge is 0.163 e. The van der Waals surface area contributed by atoms with Crippen LogP contribution in [0.5, 0.6) is 0 Å². The fourth-order valence-corrected chi connectivity index (χ4v) is 1.28. The lowest BCUT2D eigenvalue weighted by Gasteiger charge is -2.04. The number of carbonyl (C=O) groups excluding carboxylic acids is 1. The van der Waals surface area contributed by atoms with Crippen molar-refractivity contribution >= 4 is 5.78 Å². The number of hydrogen-bond donors (Lipinski definition) is 0. The van der Waals surface area contributed by atoms with Crippen molar-refractivity contribution in [1.82, 2.24) is 0 Å². The number of ketones is 1. The van der Waals surface area contributed by atoms with Gasteiger partial charge in [-0.05, 0) is 24.5 Å². The van der Waals surface area contributed by atoms with Crippen LogP contribution in [-0.4, -0.2) is 5.78 Å². The fraction of sp³-hybridized carbons (Fsp3) is 0.417. The van der Waals surface area contributed by atoms with Crippen LogP contribution < -0.4 is 0 Å². The van der Waals surface area contributed by atoms with E-state index in [0.717, 1.165) is 24.6 Å². The van der Waals surface area contributed by atoms with Crippen LogP contribution in [0, 0.1) is 17.6 Å². The molecule has 0 spiro atoms. The van der Waals surface area contributed by atoms with E-state index in [1.807, 2.05) is 13.8 Å². The summed E-state index contributed by atoms with van der Waals surface area (Å²) in [6, 6.07) is 2.91. The topological polar surface area (TPSA) is 17.1 Å². The first-order chi connectivity index (χ1) is 6.99. The second-order valence-corrected chi connectivity index (χ2v) is 4.01. The van der Waals surface area contributed by atoms with E-state index in [0.29, 0.717) is 12.3 Å². The van der Waals surface area contributed by atoms with Gasteiger partial charge < -0.3 is 0 Å². The van der Waals surface area contributed by atoms with Gasteiger partial charge in [0.2, 0.25) is 0 Å². The van der Waals surface area contributed by atoms with Crippen LogP contribution >= 0.6 is 0 Å². The zero-order valence-corrected chi connectivity index (χ0v) is 8.89. The Morgan fingerprint density at radius 3 is 2.20 bits per heavy atom. The third kappa shape index (κ3) is 3.78. The lowest BCUT2D eigenvalue weighted by molar-refractivity contribution is 0.0974. The summed E-state index contributed by atoms with van der Waals surface area (Å²) >= 11 is 0. The molecule has 0 saturated carbocycles. The van der Waals surface area contributed by atoms with Crippen molar-refractivity contribution in [3.05, 3.63) is 35.4 Å². The molecule has 0 fully saturated rings. The Bertz CT molecular complexity index is 338. The van der Waals surface area contributed by atoms with Crippen molar-refractivity contribution in [2.24, 2.45) is 5.92 Å². The zero-order valence-electron chi connectivity index (χ0n) is 8.89. The molecule has 0 bridgehead atoms. The van der Waals surface area contributed by atoms with Crippen LogP contribution in [0.4, 0.5) is 8.78 Å². The largest absolute Gasteiger partial charge is 0.294 e. The summed E-state index contributed by atoms with van der Waals surface area (Å²) in [5.41, 5.74) is 0.119. The molecule has 1 nitrogen and oxygen atoms in total. The normalized spacial score (nSPS) is 10.7. The quantitative estimate of drug-likeness (QED) is 0.697. The molecule has 1 rings (SSSR count). The molecule has 15 heavy (non-hydrogen) atoms. The highest BCUT2D eigenvalue weighted by Crippen LogP contribution is 2.13. The Kier molecular flexibility index (Phi) is 3.95. The highest BCUT2D eigenvalue weighted by atomic mass is 19.1. The molecule has 3 heteroatoms. The van der Waals surface area contributed by atoms with E-state index >= 15 is 0 Å². The van der Waals surface area contributed by atoms with E-state index in [9.17, 15) is 13.6 Å². The van der Waals surface area contributed by atoms with Crippen molar-refractivity contribution in [3.8, 4) is 0 Å². The maximum Gasteiger partial charge on any atom is 0.163 e. The second-order valence-electron chi connectivity index (χ2n) is 4.01. The minimum atomic E-state index is -0.706. The van der Waals surface area contributed by atoms with Gasteiger partial charge in [0.1, 0.15) is 11.6 Å². The average Bonchev–Trinajstić information content (AvgIpc) is 2.12. The molecular formula is C12H14F2O. The molecule has 0 N–H and O–H groups in total. The maximum atomic E-state index is 12.8. The van der Waals surface area contributed by atoms with Gasteiger partial charge in [-0.2, -0.15) is 0 Å². The minimum absolute atomic E-state index is 0.119. The zero-order chi connectivity index (χ0) is 11.4. The van der Waals surface area contributed by atoms with E-state index in [-0.39, 0.29) is 11.3 Å². The average molecular weight is 212 g/mol. The monoisotopic (exact) mass is 212 g/mol. The van der Waals surface area contributed by atoms with Gasteiger partial charge in [0.05, 0.1) is 0 Å². The molecule has 0 unspecified atom stereocenters. The Morgan fingerprint density at radius 2 is 1.73 bits per heavy atom. The van der Waals surface area contributed by atoms with Crippen LogP contribution in [-0.2, 0) is 0 Å². The van der Waals surface area contributed by atoms with Crippen molar-refractivity contribution in [2.75, 3.05) is 0 Å². The third-order valence-corrected chi connectivity index (χ3v) is 2.13.